The van der Waals surface area contributed by atoms with E-state index < -0.39 is 17.7 Å². The molecule has 0 radical (unpaired) electrons. The van der Waals surface area contributed by atoms with Gasteiger partial charge in [0.05, 0.1) is 6.04 Å². The van der Waals surface area contributed by atoms with Crippen molar-refractivity contribution in [3.05, 3.63) is 29.8 Å². The van der Waals surface area contributed by atoms with E-state index in [1.807, 2.05) is 45.0 Å². The molecule has 0 saturated carbocycles. The second-order valence-electron chi connectivity index (χ2n) is 9.41. The number of primary amides is 1. The fourth-order valence-corrected chi connectivity index (χ4v) is 4.29. The lowest BCUT2D eigenvalue weighted by Gasteiger charge is -2.35. The molecular formula is C23H34N4O4. The number of amides is 3. The Hall–Kier alpha value is -2.61. The summed E-state index contributed by atoms with van der Waals surface area (Å²) in [5, 5.41) is 2.96. The maximum atomic E-state index is 13.0. The van der Waals surface area contributed by atoms with Crippen LogP contribution in [0.15, 0.2) is 24.3 Å². The number of hydrogen-bond donors (Lipinski definition) is 2. The normalized spacial score (nSPS) is 22.2. The first-order valence-corrected chi connectivity index (χ1v) is 11.1. The Morgan fingerprint density at radius 2 is 1.84 bits per heavy atom. The van der Waals surface area contributed by atoms with E-state index >= 15 is 0 Å². The molecule has 8 heteroatoms. The summed E-state index contributed by atoms with van der Waals surface area (Å²) in [4.78, 5) is 40.9. The van der Waals surface area contributed by atoms with E-state index in [-0.39, 0.29) is 17.9 Å². The number of benzene rings is 1. The first-order valence-electron chi connectivity index (χ1n) is 11.1. The van der Waals surface area contributed by atoms with Crippen LogP contribution < -0.4 is 11.1 Å². The molecule has 1 aromatic carbocycles. The summed E-state index contributed by atoms with van der Waals surface area (Å²) in [6.07, 6.45) is 3.64. The lowest BCUT2D eigenvalue weighted by Crippen LogP contribution is -2.51. The van der Waals surface area contributed by atoms with Gasteiger partial charge in [0, 0.05) is 18.8 Å². The molecule has 8 nitrogen and oxygen atoms in total. The number of nitrogens with two attached hydrogens (primary N) is 1. The maximum Gasteiger partial charge on any atom is 0.410 e. The molecule has 0 aromatic heterocycles. The van der Waals surface area contributed by atoms with Gasteiger partial charge in [-0.05, 0) is 77.1 Å². The number of nitrogens with one attached hydrogen (secondary N) is 1. The van der Waals surface area contributed by atoms with Gasteiger partial charge in [0.1, 0.15) is 11.6 Å². The van der Waals surface area contributed by atoms with Crippen LogP contribution in [0.2, 0.25) is 0 Å². The third-order valence-corrected chi connectivity index (χ3v) is 5.71. The zero-order valence-electron chi connectivity index (χ0n) is 18.7. The average Bonchev–Trinajstić information content (AvgIpc) is 3.15. The Morgan fingerprint density at radius 1 is 1.10 bits per heavy atom. The highest BCUT2D eigenvalue weighted by Gasteiger charge is 2.35. The number of nitrogens with zero attached hydrogens (tertiary/aromatic N) is 2. The Bertz CT molecular complexity index is 820. The van der Waals surface area contributed by atoms with Crippen molar-refractivity contribution in [2.24, 2.45) is 5.73 Å². The summed E-state index contributed by atoms with van der Waals surface area (Å²) in [5.74, 6) is -0.500. The van der Waals surface area contributed by atoms with Gasteiger partial charge >= 0.3 is 6.09 Å². The maximum absolute atomic E-state index is 13.0. The minimum Gasteiger partial charge on any atom is -0.444 e. The third-order valence-electron chi connectivity index (χ3n) is 5.71. The fraction of sp³-hybridized carbons (Fsp3) is 0.609. The van der Waals surface area contributed by atoms with Gasteiger partial charge in [-0.25, -0.2) is 4.79 Å². The van der Waals surface area contributed by atoms with Gasteiger partial charge in [0.15, 0.2) is 0 Å². The number of piperidine rings is 1. The van der Waals surface area contributed by atoms with Crippen LogP contribution in [0.5, 0.6) is 0 Å². The molecule has 1 aromatic rings. The molecule has 0 aliphatic carbocycles. The smallest absolute Gasteiger partial charge is 0.410 e. The quantitative estimate of drug-likeness (QED) is 0.747. The van der Waals surface area contributed by atoms with Crippen molar-refractivity contribution < 1.29 is 19.1 Å². The summed E-state index contributed by atoms with van der Waals surface area (Å²) < 4.78 is 5.49. The SMILES string of the molecule is CC(C)(C)OC(=O)N1CCCCC1C(=O)Nc1cccc(CN2CCCC2C(N)=O)c1. The summed E-state index contributed by atoms with van der Waals surface area (Å²) in [7, 11) is 0. The van der Waals surface area contributed by atoms with Crippen molar-refractivity contribution in [3.8, 4) is 0 Å². The van der Waals surface area contributed by atoms with Gasteiger partial charge in [0.25, 0.3) is 0 Å². The standard InChI is InChI=1S/C23H34N4O4/c1-23(2,3)31-22(30)27-13-5-4-10-19(27)21(29)25-17-9-6-8-16(14-17)15-26-12-7-11-18(26)20(24)28/h6,8-9,14,18-19H,4-5,7,10-13,15H2,1-3H3,(H2,24,28)(H,25,29). The molecule has 0 spiro atoms. The van der Waals surface area contributed by atoms with E-state index in [2.05, 4.69) is 10.2 Å². The Balaban J connectivity index is 1.66. The van der Waals surface area contributed by atoms with E-state index in [4.69, 9.17) is 10.5 Å². The molecule has 3 rings (SSSR count). The molecule has 2 aliphatic rings. The third kappa shape index (κ3) is 6.19. The van der Waals surface area contributed by atoms with Gasteiger partial charge in [-0.1, -0.05) is 12.1 Å². The number of carbonyl (C=O) groups is 3. The van der Waals surface area contributed by atoms with Crippen molar-refractivity contribution in [2.45, 2.75) is 77.1 Å². The molecular weight excluding hydrogens is 396 g/mol. The van der Waals surface area contributed by atoms with E-state index in [1.54, 1.807) is 0 Å². The number of rotatable bonds is 5. The zero-order valence-corrected chi connectivity index (χ0v) is 18.7. The largest absolute Gasteiger partial charge is 0.444 e. The van der Waals surface area contributed by atoms with Gasteiger partial charge in [0.2, 0.25) is 11.8 Å². The molecule has 3 amide bonds. The Labute approximate surface area is 184 Å². The van der Waals surface area contributed by atoms with E-state index in [9.17, 15) is 14.4 Å². The van der Waals surface area contributed by atoms with E-state index in [1.165, 1.54) is 4.90 Å². The lowest BCUT2D eigenvalue weighted by atomic mass is 10.0. The number of likely N-dealkylation sites (tertiary alicyclic amines) is 2. The Morgan fingerprint density at radius 3 is 2.55 bits per heavy atom. The Kier molecular flexibility index (Phi) is 7.20. The van der Waals surface area contributed by atoms with E-state index in [0.29, 0.717) is 25.2 Å². The first kappa shape index (κ1) is 23.1. The first-order chi connectivity index (χ1) is 14.6. The number of anilines is 1. The average molecular weight is 431 g/mol. The number of hydrogen-bond acceptors (Lipinski definition) is 5. The lowest BCUT2D eigenvalue weighted by molar-refractivity contribution is -0.123. The predicted molar refractivity (Wildman–Crippen MR) is 118 cm³/mol. The number of carbonyl (C=O) groups excluding carboxylic acids is 3. The minimum absolute atomic E-state index is 0.209. The monoisotopic (exact) mass is 430 g/mol. The van der Waals surface area contributed by atoms with Crippen molar-refractivity contribution >= 4 is 23.6 Å². The molecule has 3 N–H and O–H groups in total. The van der Waals surface area contributed by atoms with Crippen LogP contribution in [0, 0.1) is 0 Å². The van der Waals surface area contributed by atoms with Crippen molar-refractivity contribution in [2.75, 3.05) is 18.4 Å². The van der Waals surface area contributed by atoms with Gasteiger partial charge in [-0.3, -0.25) is 19.4 Å². The van der Waals surface area contributed by atoms with Gasteiger partial charge < -0.3 is 15.8 Å². The molecule has 2 fully saturated rings. The highest BCUT2D eigenvalue weighted by Crippen LogP contribution is 2.24. The second-order valence-corrected chi connectivity index (χ2v) is 9.41. The number of ether oxygens (including phenoxy) is 1. The molecule has 2 saturated heterocycles. The molecule has 170 valence electrons. The van der Waals surface area contributed by atoms with Gasteiger partial charge in [-0.2, -0.15) is 0 Å². The van der Waals surface area contributed by atoms with Crippen LogP contribution in [-0.2, 0) is 20.9 Å². The van der Waals surface area contributed by atoms with Crippen LogP contribution in [0.1, 0.15) is 58.4 Å². The molecule has 0 bridgehead atoms. The summed E-state index contributed by atoms with van der Waals surface area (Å²) in [6, 6.07) is 6.81. The van der Waals surface area contributed by atoms with Crippen LogP contribution >= 0.6 is 0 Å². The minimum atomic E-state index is -0.609. The highest BCUT2D eigenvalue weighted by atomic mass is 16.6. The topological polar surface area (TPSA) is 105 Å². The molecule has 31 heavy (non-hydrogen) atoms. The molecule has 2 atom stereocenters. The molecule has 2 unspecified atom stereocenters. The van der Waals surface area contributed by atoms with Crippen LogP contribution in [0.3, 0.4) is 0 Å². The van der Waals surface area contributed by atoms with Crippen molar-refractivity contribution in [1.82, 2.24) is 9.80 Å². The summed E-state index contributed by atoms with van der Waals surface area (Å²) in [5.41, 5.74) is 6.58. The van der Waals surface area contributed by atoms with E-state index in [0.717, 1.165) is 37.8 Å². The molecule has 2 aliphatic heterocycles. The summed E-state index contributed by atoms with van der Waals surface area (Å²) in [6.45, 7) is 7.40. The fourth-order valence-electron chi connectivity index (χ4n) is 4.29. The molecule has 2 heterocycles. The van der Waals surface area contributed by atoms with Crippen LogP contribution in [0.4, 0.5) is 10.5 Å². The summed E-state index contributed by atoms with van der Waals surface area (Å²) >= 11 is 0. The van der Waals surface area contributed by atoms with Crippen LogP contribution in [0.25, 0.3) is 0 Å². The van der Waals surface area contributed by atoms with Crippen LogP contribution in [-0.4, -0.2) is 58.5 Å². The van der Waals surface area contributed by atoms with Crippen molar-refractivity contribution in [1.29, 1.82) is 0 Å². The second kappa shape index (κ2) is 9.68. The predicted octanol–water partition coefficient (Wildman–Crippen LogP) is 2.86. The van der Waals surface area contributed by atoms with Gasteiger partial charge in [-0.15, -0.1) is 0 Å². The highest BCUT2D eigenvalue weighted by molar-refractivity contribution is 5.96. The zero-order chi connectivity index (χ0) is 22.6. The van der Waals surface area contributed by atoms with Crippen molar-refractivity contribution in [3.63, 3.8) is 0 Å².